The van der Waals surface area contributed by atoms with Gasteiger partial charge in [0.25, 0.3) is 0 Å². The van der Waals surface area contributed by atoms with Gasteiger partial charge in [-0.3, -0.25) is 0 Å². The highest BCUT2D eigenvalue weighted by atomic mass is 16.6. The van der Waals surface area contributed by atoms with Crippen molar-refractivity contribution in [3.05, 3.63) is 85.0 Å². The maximum atomic E-state index is 11.3. The van der Waals surface area contributed by atoms with Gasteiger partial charge in [-0.15, -0.1) is 0 Å². The zero-order chi connectivity index (χ0) is 27.4. The lowest BCUT2D eigenvalue weighted by Crippen LogP contribution is -2.25. The molecule has 2 aromatic carbocycles. The summed E-state index contributed by atoms with van der Waals surface area (Å²) in [7, 11) is 0. The summed E-state index contributed by atoms with van der Waals surface area (Å²) in [4.78, 5) is 22.5. The molecule has 37 heavy (non-hydrogen) atoms. The Morgan fingerprint density at radius 1 is 0.703 bits per heavy atom. The van der Waals surface area contributed by atoms with Gasteiger partial charge in [-0.2, -0.15) is 0 Å². The second kappa shape index (κ2) is 14.2. The summed E-state index contributed by atoms with van der Waals surface area (Å²) in [6.45, 7) is 17.4. The van der Waals surface area contributed by atoms with Crippen molar-refractivity contribution >= 4 is 11.9 Å². The van der Waals surface area contributed by atoms with E-state index in [1.54, 1.807) is 13.8 Å². The van der Waals surface area contributed by atoms with E-state index in [0.717, 1.165) is 29.0 Å². The molecule has 0 aliphatic carbocycles. The molecule has 0 aliphatic rings. The van der Waals surface area contributed by atoms with Crippen LogP contribution in [0.4, 0.5) is 0 Å². The quantitative estimate of drug-likeness (QED) is 0.234. The molecular weight excluding hydrogens is 472 g/mol. The standard InChI is InChI=1S/C30H38O7/c1-8-28(31)36-22(4)19-33-21(3)18-34-26-14-10-24(11-15-26)30(6,7)25-12-16-27(17-13-25)35-20-23(5)37-29(32)9-2/h8-17,21-23H,1-2,18-20H2,3-7H3. The molecule has 3 atom stereocenters. The van der Waals surface area contributed by atoms with Crippen molar-refractivity contribution in [1.29, 1.82) is 0 Å². The molecule has 3 unspecified atom stereocenters. The molecule has 0 fully saturated rings. The molecule has 2 aromatic rings. The highest BCUT2D eigenvalue weighted by Crippen LogP contribution is 2.33. The normalized spacial score (nSPS) is 13.5. The summed E-state index contributed by atoms with van der Waals surface area (Å²) in [6.07, 6.45) is 1.37. The van der Waals surface area contributed by atoms with Crippen LogP contribution < -0.4 is 9.47 Å². The van der Waals surface area contributed by atoms with Crippen molar-refractivity contribution < 1.29 is 33.3 Å². The van der Waals surface area contributed by atoms with E-state index in [9.17, 15) is 9.59 Å². The minimum atomic E-state index is -0.467. The molecule has 7 heteroatoms. The Bertz CT molecular complexity index is 1020. The first kappa shape index (κ1) is 29.6. The lowest BCUT2D eigenvalue weighted by Gasteiger charge is -2.26. The number of carbonyl (C=O) groups is 2. The number of carbonyl (C=O) groups excluding carboxylic acids is 2. The van der Waals surface area contributed by atoms with Crippen LogP contribution in [0.25, 0.3) is 0 Å². The van der Waals surface area contributed by atoms with Gasteiger partial charge in [-0.1, -0.05) is 51.3 Å². The van der Waals surface area contributed by atoms with E-state index < -0.39 is 11.9 Å². The largest absolute Gasteiger partial charge is 0.491 e. The summed E-state index contributed by atoms with van der Waals surface area (Å²) >= 11 is 0. The fourth-order valence-electron chi connectivity index (χ4n) is 3.44. The van der Waals surface area contributed by atoms with Crippen molar-refractivity contribution in [1.82, 2.24) is 0 Å². The Balaban J connectivity index is 1.87. The molecule has 0 heterocycles. The predicted octanol–water partition coefficient (Wildman–Crippen LogP) is 5.41. The third kappa shape index (κ3) is 9.77. The average molecular weight is 511 g/mol. The highest BCUT2D eigenvalue weighted by molar-refractivity contribution is 5.81. The highest BCUT2D eigenvalue weighted by Gasteiger charge is 2.23. The molecule has 0 bridgehead atoms. The van der Waals surface area contributed by atoms with Crippen LogP contribution in [0.1, 0.15) is 45.7 Å². The van der Waals surface area contributed by atoms with Crippen molar-refractivity contribution in [3.63, 3.8) is 0 Å². The summed E-state index contributed by atoms with van der Waals surface area (Å²) in [5.41, 5.74) is 2.03. The van der Waals surface area contributed by atoms with E-state index in [4.69, 9.17) is 23.7 Å². The second-order valence-corrected chi connectivity index (χ2v) is 9.34. The molecule has 2 rings (SSSR count). The zero-order valence-corrected chi connectivity index (χ0v) is 22.4. The minimum Gasteiger partial charge on any atom is -0.491 e. The van der Waals surface area contributed by atoms with E-state index in [1.165, 1.54) is 0 Å². The van der Waals surface area contributed by atoms with Gasteiger partial charge in [0.2, 0.25) is 0 Å². The van der Waals surface area contributed by atoms with Gasteiger partial charge in [0.15, 0.2) is 0 Å². The number of hydrogen-bond donors (Lipinski definition) is 0. The first-order valence-electron chi connectivity index (χ1n) is 12.3. The van der Waals surface area contributed by atoms with E-state index in [2.05, 4.69) is 39.1 Å². The molecule has 200 valence electrons. The molecule has 0 saturated heterocycles. The molecule has 0 N–H and O–H groups in total. The Labute approximate surface area is 220 Å². The zero-order valence-electron chi connectivity index (χ0n) is 22.4. The Morgan fingerprint density at radius 3 is 1.49 bits per heavy atom. The molecule has 0 amide bonds. The fraction of sp³-hybridized carbons (Fsp3) is 0.400. The predicted molar refractivity (Wildman–Crippen MR) is 143 cm³/mol. The second-order valence-electron chi connectivity index (χ2n) is 9.34. The van der Waals surface area contributed by atoms with Crippen molar-refractivity contribution in [2.45, 2.75) is 58.3 Å². The SMILES string of the molecule is C=CC(=O)OC(C)COc1ccc(C(C)(C)c2ccc(OCC(C)OCC(C)OC(=O)C=C)cc2)cc1. The summed E-state index contributed by atoms with van der Waals surface area (Å²) in [5, 5.41) is 0. The first-order valence-corrected chi connectivity index (χ1v) is 12.3. The Morgan fingerprint density at radius 2 is 1.08 bits per heavy atom. The van der Waals surface area contributed by atoms with Gasteiger partial charge in [0.05, 0.1) is 12.7 Å². The van der Waals surface area contributed by atoms with Gasteiger partial charge in [-0.05, 0) is 56.2 Å². The monoisotopic (exact) mass is 510 g/mol. The molecule has 0 spiro atoms. The number of rotatable bonds is 15. The lowest BCUT2D eigenvalue weighted by molar-refractivity contribution is -0.146. The maximum absolute atomic E-state index is 11.3. The lowest BCUT2D eigenvalue weighted by atomic mass is 9.78. The summed E-state index contributed by atoms with van der Waals surface area (Å²) in [5.74, 6) is 0.516. The molecule has 0 radical (unpaired) electrons. The van der Waals surface area contributed by atoms with Crippen molar-refractivity contribution in [2.24, 2.45) is 0 Å². The van der Waals surface area contributed by atoms with Crippen LogP contribution >= 0.6 is 0 Å². The topological polar surface area (TPSA) is 80.3 Å². The maximum Gasteiger partial charge on any atom is 0.330 e. The summed E-state index contributed by atoms with van der Waals surface area (Å²) in [6, 6.07) is 15.9. The molecule has 0 aromatic heterocycles. The smallest absolute Gasteiger partial charge is 0.330 e. The average Bonchev–Trinajstić information content (AvgIpc) is 2.89. The van der Waals surface area contributed by atoms with Gasteiger partial charge in [0, 0.05) is 17.6 Å². The van der Waals surface area contributed by atoms with E-state index >= 15 is 0 Å². The van der Waals surface area contributed by atoms with Gasteiger partial charge < -0.3 is 23.7 Å². The van der Waals surface area contributed by atoms with Crippen LogP contribution in [0, 0.1) is 0 Å². The van der Waals surface area contributed by atoms with Gasteiger partial charge in [0.1, 0.15) is 36.9 Å². The van der Waals surface area contributed by atoms with Crippen LogP contribution in [-0.2, 0) is 29.2 Å². The summed E-state index contributed by atoms with van der Waals surface area (Å²) < 4.78 is 27.5. The van der Waals surface area contributed by atoms with Crippen LogP contribution in [0.5, 0.6) is 11.5 Å². The number of hydrogen-bond acceptors (Lipinski definition) is 7. The van der Waals surface area contributed by atoms with Crippen LogP contribution in [0.3, 0.4) is 0 Å². The Kier molecular flexibility index (Phi) is 11.4. The van der Waals surface area contributed by atoms with Crippen LogP contribution in [-0.4, -0.2) is 50.1 Å². The third-order valence-electron chi connectivity index (χ3n) is 5.70. The fourth-order valence-corrected chi connectivity index (χ4v) is 3.44. The van der Waals surface area contributed by atoms with Crippen LogP contribution in [0.15, 0.2) is 73.8 Å². The molecular formula is C30H38O7. The Hall–Kier alpha value is -3.58. The first-order chi connectivity index (χ1) is 17.5. The van der Waals surface area contributed by atoms with E-state index in [0.29, 0.717) is 12.4 Å². The van der Waals surface area contributed by atoms with Crippen molar-refractivity contribution in [2.75, 3.05) is 19.8 Å². The van der Waals surface area contributed by atoms with E-state index in [1.807, 2.05) is 43.3 Å². The van der Waals surface area contributed by atoms with Gasteiger partial charge >= 0.3 is 11.9 Å². The van der Waals surface area contributed by atoms with E-state index in [-0.39, 0.29) is 36.9 Å². The number of ether oxygens (including phenoxy) is 5. The van der Waals surface area contributed by atoms with Gasteiger partial charge in [-0.25, -0.2) is 9.59 Å². The number of esters is 2. The van der Waals surface area contributed by atoms with Crippen LogP contribution in [0.2, 0.25) is 0 Å². The molecule has 7 nitrogen and oxygen atoms in total. The molecule has 0 saturated carbocycles. The number of benzene rings is 2. The molecule has 0 aliphatic heterocycles. The minimum absolute atomic E-state index is 0.168. The third-order valence-corrected chi connectivity index (χ3v) is 5.70. The van der Waals surface area contributed by atoms with Crippen molar-refractivity contribution in [3.8, 4) is 11.5 Å².